The van der Waals surface area contributed by atoms with Gasteiger partial charge < -0.3 is 9.47 Å². The number of methoxy groups -OCH3 is 1. The highest BCUT2D eigenvalue weighted by molar-refractivity contribution is 5.90. The minimum atomic E-state index is -0.586. The fourth-order valence-corrected chi connectivity index (χ4v) is 3.19. The molecule has 0 spiro atoms. The minimum Gasteiger partial charge on any atom is -0.497 e. The van der Waals surface area contributed by atoms with Crippen LogP contribution in [0.15, 0.2) is 36.5 Å². The number of allylic oxidation sites excluding steroid dienone is 1. The first-order valence-corrected chi connectivity index (χ1v) is 9.56. The first-order chi connectivity index (χ1) is 12.7. The molecule has 2 atom stereocenters. The highest BCUT2D eigenvalue weighted by Gasteiger charge is 2.25. The van der Waals surface area contributed by atoms with Gasteiger partial charge in [0.25, 0.3) is 0 Å². The van der Waals surface area contributed by atoms with Gasteiger partial charge in [0.15, 0.2) is 0 Å². The Hall–Kier alpha value is -2.30. The zero-order valence-electron chi connectivity index (χ0n) is 17.0. The molecule has 1 amide bonds. The van der Waals surface area contributed by atoms with E-state index in [0.717, 1.165) is 18.6 Å². The fourth-order valence-electron chi connectivity index (χ4n) is 3.19. The molecule has 0 aliphatic heterocycles. The number of ketones is 1. The molecule has 1 aromatic carbocycles. The van der Waals surface area contributed by atoms with Crippen LogP contribution in [0.3, 0.4) is 0 Å². The summed E-state index contributed by atoms with van der Waals surface area (Å²) in [6.07, 6.45) is 6.65. The lowest BCUT2D eigenvalue weighted by Gasteiger charge is -2.27. The Balaban J connectivity index is 2.19. The van der Waals surface area contributed by atoms with Crippen molar-refractivity contribution in [1.82, 2.24) is 0 Å². The normalized spacial score (nSPS) is 19.0. The van der Waals surface area contributed by atoms with Gasteiger partial charge >= 0.3 is 6.09 Å². The van der Waals surface area contributed by atoms with Gasteiger partial charge in [-0.15, -0.1) is 0 Å². The lowest BCUT2D eigenvalue weighted by molar-refractivity contribution is -0.121. The minimum absolute atomic E-state index is 0.206. The molecule has 1 aromatic rings. The zero-order chi connectivity index (χ0) is 20.0. The van der Waals surface area contributed by atoms with Gasteiger partial charge in [-0.05, 0) is 69.7 Å². The van der Waals surface area contributed by atoms with E-state index < -0.39 is 11.7 Å². The average Bonchev–Trinajstić information content (AvgIpc) is 2.60. The van der Waals surface area contributed by atoms with Gasteiger partial charge in [-0.25, -0.2) is 4.79 Å². The molecule has 27 heavy (non-hydrogen) atoms. The third-order valence-corrected chi connectivity index (χ3v) is 4.74. The lowest BCUT2D eigenvalue weighted by atomic mass is 9.80. The number of carbonyl (C=O) groups excluding carboxylic acids is 2. The molecule has 5 nitrogen and oxygen atoms in total. The van der Waals surface area contributed by atoms with E-state index in [1.165, 1.54) is 4.90 Å². The summed E-state index contributed by atoms with van der Waals surface area (Å²) < 4.78 is 10.7. The largest absolute Gasteiger partial charge is 0.497 e. The first-order valence-electron chi connectivity index (χ1n) is 9.56. The van der Waals surface area contributed by atoms with Gasteiger partial charge in [0.1, 0.15) is 17.1 Å². The Morgan fingerprint density at radius 1 is 1.26 bits per heavy atom. The van der Waals surface area contributed by atoms with E-state index in [1.807, 2.05) is 51.1 Å². The van der Waals surface area contributed by atoms with Crippen LogP contribution in [-0.2, 0) is 9.53 Å². The molecule has 2 rings (SSSR count). The van der Waals surface area contributed by atoms with Crippen molar-refractivity contribution < 1.29 is 19.1 Å². The van der Waals surface area contributed by atoms with Gasteiger partial charge in [0.05, 0.1) is 12.8 Å². The van der Waals surface area contributed by atoms with Gasteiger partial charge in [-0.1, -0.05) is 13.0 Å². The third-order valence-electron chi connectivity index (χ3n) is 4.74. The Morgan fingerprint density at radius 2 is 1.93 bits per heavy atom. The van der Waals surface area contributed by atoms with Crippen LogP contribution in [0.2, 0.25) is 0 Å². The number of amides is 1. The molecule has 0 unspecified atom stereocenters. The van der Waals surface area contributed by atoms with Crippen LogP contribution in [0, 0.1) is 11.8 Å². The molecule has 0 saturated heterocycles. The quantitative estimate of drug-likeness (QED) is 0.698. The summed E-state index contributed by atoms with van der Waals surface area (Å²) >= 11 is 0. The summed E-state index contributed by atoms with van der Waals surface area (Å²) in [5, 5.41) is 0. The summed E-state index contributed by atoms with van der Waals surface area (Å²) in [6.45, 7) is 7.63. The number of rotatable bonds is 5. The highest BCUT2D eigenvalue weighted by Crippen LogP contribution is 2.29. The van der Waals surface area contributed by atoms with Crippen molar-refractivity contribution in [3.63, 3.8) is 0 Å². The maximum absolute atomic E-state index is 12.7. The number of hydrogen-bond acceptors (Lipinski definition) is 4. The molecule has 148 valence electrons. The fraction of sp³-hybridized carbons (Fsp3) is 0.545. The van der Waals surface area contributed by atoms with Gasteiger partial charge in [0, 0.05) is 19.0 Å². The number of Topliss-reactive ketones (excluding diaryl/α,β-unsaturated/α-hetero) is 1. The summed E-state index contributed by atoms with van der Waals surface area (Å²) in [7, 11) is 1.60. The molecular weight excluding hydrogens is 342 g/mol. The molecule has 0 N–H and O–H groups in total. The van der Waals surface area contributed by atoms with E-state index in [2.05, 4.69) is 6.92 Å². The smallest absolute Gasteiger partial charge is 0.418 e. The van der Waals surface area contributed by atoms with Crippen molar-refractivity contribution in [3.05, 3.63) is 36.5 Å². The van der Waals surface area contributed by atoms with Crippen molar-refractivity contribution in [2.75, 3.05) is 12.0 Å². The highest BCUT2D eigenvalue weighted by atomic mass is 16.6. The number of nitrogens with zero attached hydrogens (tertiary/aromatic N) is 1. The Morgan fingerprint density at radius 3 is 2.48 bits per heavy atom. The van der Waals surface area contributed by atoms with Crippen LogP contribution >= 0.6 is 0 Å². The van der Waals surface area contributed by atoms with Crippen LogP contribution in [0.25, 0.3) is 0 Å². The molecule has 0 bridgehead atoms. The van der Waals surface area contributed by atoms with Crippen LogP contribution in [0.4, 0.5) is 10.5 Å². The molecule has 1 saturated carbocycles. The predicted octanol–water partition coefficient (Wildman–Crippen LogP) is 5.35. The molecule has 1 aliphatic carbocycles. The zero-order valence-corrected chi connectivity index (χ0v) is 17.0. The summed E-state index contributed by atoms with van der Waals surface area (Å²) in [5.74, 6) is 1.60. The monoisotopic (exact) mass is 373 g/mol. The molecule has 0 aromatic heterocycles. The van der Waals surface area contributed by atoms with E-state index in [-0.39, 0.29) is 5.92 Å². The molecule has 0 heterocycles. The van der Waals surface area contributed by atoms with Gasteiger partial charge in [0.2, 0.25) is 0 Å². The Kier molecular flexibility index (Phi) is 7.05. The molecule has 0 radical (unpaired) electrons. The SMILES string of the molecule is COc1ccc(N(/C=C/[C@@H](C)[C@H]2CCCC(=O)C2)C(=O)OC(C)(C)C)cc1. The molecular formula is C22H31NO4. The second-order valence-electron chi connectivity index (χ2n) is 8.14. The number of benzene rings is 1. The summed E-state index contributed by atoms with van der Waals surface area (Å²) in [6, 6.07) is 7.26. The number of hydrogen-bond donors (Lipinski definition) is 0. The van der Waals surface area contributed by atoms with Crippen molar-refractivity contribution >= 4 is 17.6 Å². The van der Waals surface area contributed by atoms with Crippen molar-refractivity contribution in [1.29, 1.82) is 0 Å². The maximum Gasteiger partial charge on any atom is 0.418 e. The van der Waals surface area contributed by atoms with Crippen LogP contribution in [-0.4, -0.2) is 24.6 Å². The van der Waals surface area contributed by atoms with Gasteiger partial charge in [-0.2, -0.15) is 0 Å². The van der Waals surface area contributed by atoms with E-state index in [1.54, 1.807) is 13.3 Å². The maximum atomic E-state index is 12.7. The second kappa shape index (κ2) is 9.07. The summed E-state index contributed by atoms with van der Waals surface area (Å²) in [5.41, 5.74) is 0.116. The van der Waals surface area contributed by atoms with Crippen molar-refractivity contribution in [2.24, 2.45) is 11.8 Å². The lowest BCUT2D eigenvalue weighted by Crippen LogP contribution is -2.33. The van der Waals surface area contributed by atoms with E-state index in [4.69, 9.17) is 9.47 Å². The van der Waals surface area contributed by atoms with Crippen LogP contribution in [0.5, 0.6) is 5.75 Å². The van der Waals surface area contributed by atoms with E-state index >= 15 is 0 Å². The van der Waals surface area contributed by atoms with Crippen LogP contribution < -0.4 is 9.64 Å². The number of ether oxygens (including phenoxy) is 2. The second-order valence-corrected chi connectivity index (χ2v) is 8.14. The van der Waals surface area contributed by atoms with Crippen molar-refractivity contribution in [2.45, 2.75) is 59.0 Å². The number of carbonyl (C=O) groups is 2. The molecule has 1 fully saturated rings. The van der Waals surface area contributed by atoms with E-state index in [9.17, 15) is 9.59 Å². The standard InChI is InChI=1S/C22H31NO4/c1-16(17-7-6-8-19(24)15-17)13-14-23(21(25)27-22(2,3)4)18-9-11-20(26-5)12-10-18/h9-14,16-17H,6-8,15H2,1-5H3/b14-13+/t16-,17+/m1/s1. The first kappa shape index (κ1) is 21.0. The van der Waals surface area contributed by atoms with Crippen molar-refractivity contribution in [3.8, 4) is 5.75 Å². The Labute approximate surface area is 162 Å². The topological polar surface area (TPSA) is 55.8 Å². The Bertz CT molecular complexity index is 673. The predicted molar refractivity (Wildman–Crippen MR) is 107 cm³/mol. The summed E-state index contributed by atoms with van der Waals surface area (Å²) in [4.78, 5) is 26.0. The number of anilines is 1. The average molecular weight is 373 g/mol. The van der Waals surface area contributed by atoms with Gasteiger partial charge in [-0.3, -0.25) is 9.69 Å². The van der Waals surface area contributed by atoms with Crippen LogP contribution in [0.1, 0.15) is 53.4 Å². The molecule has 1 aliphatic rings. The molecule has 5 heteroatoms. The third kappa shape index (κ3) is 6.42. The van der Waals surface area contributed by atoms with E-state index in [0.29, 0.717) is 30.2 Å².